The van der Waals surface area contributed by atoms with Crippen LogP contribution in [0.15, 0.2) is 54.7 Å². The lowest BCUT2D eigenvalue weighted by atomic mass is 10.1. The molecule has 0 spiro atoms. The van der Waals surface area contributed by atoms with Gasteiger partial charge in [-0.1, -0.05) is 18.2 Å². The Hall–Kier alpha value is -3.00. The van der Waals surface area contributed by atoms with Crippen molar-refractivity contribution < 1.29 is 22.7 Å². The number of morpholine rings is 1. The third-order valence-electron chi connectivity index (χ3n) is 4.77. The van der Waals surface area contributed by atoms with Crippen molar-refractivity contribution >= 4 is 22.6 Å². The summed E-state index contributed by atoms with van der Waals surface area (Å²) in [5.74, 6) is 0. The zero-order valence-electron chi connectivity index (χ0n) is 14.8. The number of H-pyrrole nitrogens is 1. The summed E-state index contributed by atoms with van der Waals surface area (Å²) in [5.41, 5.74) is 1.49. The number of aromatic amines is 1. The third-order valence-corrected chi connectivity index (χ3v) is 4.77. The van der Waals surface area contributed by atoms with Crippen LogP contribution in [0.4, 0.5) is 23.7 Å². The van der Waals surface area contributed by atoms with Crippen molar-refractivity contribution in [3.8, 4) is 0 Å². The number of rotatable bonds is 2. The van der Waals surface area contributed by atoms with E-state index >= 15 is 0 Å². The van der Waals surface area contributed by atoms with Crippen LogP contribution in [0.5, 0.6) is 0 Å². The van der Waals surface area contributed by atoms with Gasteiger partial charge in [0.2, 0.25) is 0 Å². The largest absolute Gasteiger partial charge is 0.416 e. The van der Waals surface area contributed by atoms with Gasteiger partial charge >= 0.3 is 12.2 Å². The van der Waals surface area contributed by atoms with Gasteiger partial charge in [0.05, 0.1) is 18.7 Å². The molecule has 1 saturated heterocycles. The van der Waals surface area contributed by atoms with E-state index < -0.39 is 17.8 Å². The Morgan fingerprint density at radius 1 is 1.14 bits per heavy atom. The molecule has 1 aromatic heterocycles. The number of urea groups is 1. The third kappa shape index (κ3) is 3.82. The van der Waals surface area contributed by atoms with Crippen LogP contribution in [0.1, 0.15) is 17.2 Å². The number of nitrogens with one attached hydrogen (secondary N) is 2. The van der Waals surface area contributed by atoms with Crippen molar-refractivity contribution in [3.05, 3.63) is 65.9 Å². The van der Waals surface area contributed by atoms with Gasteiger partial charge in [-0.05, 0) is 41.3 Å². The molecule has 8 heteroatoms. The predicted octanol–water partition coefficient (Wildman–Crippen LogP) is 4.79. The van der Waals surface area contributed by atoms with Gasteiger partial charge in [0.15, 0.2) is 0 Å². The Labute approximate surface area is 159 Å². The van der Waals surface area contributed by atoms with Crippen molar-refractivity contribution in [2.45, 2.75) is 12.3 Å². The highest BCUT2D eigenvalue weighted by Crippen LogP contribution is 2.31. The summed E-state index contributed by atoms with van der Waals surface area (Å²) in [6.07, 6.45) is -3.02. The molecule has 0 bridgehead atoms. The van der Waals surface area contributed by atoms with E-state index in [1.54, 1.807) is 4.90 Å². The number of halogens is 3. The Balaban J connectivity index is 1.43. The summed E-state index contributed by atoms with van der Waals surface area (Å²) in [6.45, 7) is 0.991. The van der Waals surface area contributed by atoms with Gasteiger partial charge in [0.1, 0.15) is 6.10 Å². The van der Waals surface area contributed by atoms with Crippen molar-refractivity contribution in [1.82, 2.24) is 9.88 Å². The number of benzene rings is 2. The smallest absolute Gasteiger partial charge is 0.370 e. The average Bonchev–Trinajstić information content (AvgIpc) is 3.15. The molecule has 1 fully saturated rings. The molecule has 0 saturated carbocycles. The molecular formula is C20H18F3N3O2. The molecule has 4 rings (SSSR count). The monoisotopic (exact) mass is 389 g/mol. The van der Waals surface area contributed by atoms with E-state index in [4.69, 9.17) is 4.74 Å². The number of aromatic nitrogens is 1. The average molecular weight is 389 g/mol. The maximum Gasteiger partial charge on any atom is 0.416 e. The fraction of sp³-hybridized carbons (Fsp3) is 0.250. The predicted molar refractivity (Wildman–Crippen MR) is 99.0 cm³/mol. The van der Waals surface area contributed by atoms with Gasteiger partial charge < -0.3 is 19.9 Å². The SMILES string of the molecule is O=C(Nc1ccc2cc[nH]c2c1)N1CCOC(c2ccc(C(F)(F)F)cc2)C1. The van der Waals surface area contributed by atoms with Crippen molar-refractivity contribution in [2.24, 2.45) is 0 Å². The zero-order valence-corrected chi connectivity index (χ0v) is 14.8. The Morgan fingerprint density at radius 2 is 1.93 bits per heavy atom. The van der Waals surface area contributed by atoms with Crippen LogP contribution < -0.4 is 5.32 Å². The van der Waals surface area contributed by atoms with Crippen molar-refractivity contribution in [1.29, 1.82) is 0 Å². The summed E-state index contributed by atoms with van der Waals surface area (Å²) >= 11 is 0. The number of anilines is 1. The van der Waals surface area contributed by atoms with Crippen LogP contribution in [-0.2, 0) is 10.9 Å². The molecule has 1 atom stereocenters. The topological polar surface area (TPSA) is 57.4 Å². The molecule has 1 unspecified atom stereocenters. The number of amides is 2. The van der Waals surface area contributed by atoms with Crippen molar-refractivity contribution in [2.75, 3.05) is 25.0 Å². The summed E-state index contributed by atoms with van der Waals surface area (Å²) < 4.78 is 43.8. The second kappa shape index (κ2) is 7.20. The second-order valence-corrected chi connectivity index (χ2v) is 6.64. The molecule has 3 aromatic rings. The van der Waals surface area contributed by atoms with Crippen molar-refractivity contribution in [3.63, 3.8) is 0 Å². The van der Waals surface area contributed by atoms with Crippen LogP contribution in [0.25, 0.3) is 10.9 Å². The van der Waals surface area contributed by atoms with E-state index in [2.05, 4.69) is 10.3 Å². The van der Waals surface area contributed by atoms with Crippen LogP contribution in [0.3, 0.4) is 0 Å². The number of alkyl halides is 3. The van der Waals surface area contributed by atoms with Gasteiger partial charge in [0, 0.05) is 23.9 Å². The van der Waals surface area contributed by atoms with Crippen LogP contribution in [0, 0.1) is 0 Å². The molecule has 2 aromatic carbocycles. The number of ether oxygens (including phenoxy) is 1. The zero-order chi connectivity index (χ0) is 19.7. The molecule has 2 amide bonds. The minimum atomic E-state index is -4.38. The highest BCUT2D eigenvalue weighted by Gasteiger charge is 2.31. The van der Waals surface area contributed by atoms with E-state index in [0.717, 1.165) is 23.0 Å². The summed E-state index contributed by atoms with van der Waals surface area (Å²) in [7, 11) is 0. The Morgan fingerprint density at radius 3 is 2.68 bits per heavy atom. The number of nitrogens with zero attached hydrogens (tertiary/aromatic N) is 1. The first kappa shape index (κ1) is 18.4. The van der Waals surface area contributed by atoms with Gasteiger partial charge in [-0.25, -0.2) is 4.79 Å². The first-order valence-electron chi connectivity index (χ1n) is 8.82. The molecule has 0 aliphatic carbocycles. The fourth-order valence-electron chi connectivity index (χ4n) is 3.25. The second-order valence-electron chi connectivity index (χ2n) is 6.64. The maximum absolute atomic E-state index is 12.7. The van der Waals surface area contributed by atoms with E-state index in [-0.39, 0.29) is 12.6 Å². The summed E-state index contributed by atoms with van der Waals surface area (Å²) in [5, 5.41) is 3.91. The standard InChI is InChI=1S/C20H18F3N3O2/c21-20(22,23)15-4-1-14(2-5-15)18-12-26(9-10-28-18)19(27)25-16-6-3-13-7-8-24-17(13)11-16/h1-8,11,18,24H,9-10,12H2,(H,25,27). The van der Waals surface area contributed by atoms with E-state index in [1.807, 2.05) is 30.5 Å². The first-order chi connectivity index (χ1) is 13.4. The Bertz CT molecular complexity index is 982. The van der Waals surface area contributed by atoms with Crippen LogP contribution >= 0.6 is 0 Å². The Kier molecular flexibility index (Phi) is 4.72. The number of hydrogen-bond acceptors (Lipinski definition) is 2. The van der Waals surface area contributed by atoms with Gasteiger partial charge in [-0.2, -0.15) is 13.2 Å². The molecule has 0 radical (unpaired) electrons. The normalized spacial score (nSPS) is 17.7. The molecule has 2 N–H and O–H groups in total. The lowest BCUT2D eigenvalue weighted by Crippen LogP contribution is -2.44. The number of carbonyl (C=O) groups excluding carboxylic acids is 1. The molecule has 2 heterocycles. The van der Waals surface area contributed by atoms with Gasteiger partial charge in [-0.15, -0.1) is 0 Å². The molecule has 1 aliphatic rings. The van der Waals surface area contributed by atoms with E-state index in [1.165, 1.54) is 12.1 Å². The molecular weight excluding hydrogens is 371 g/mol. The molecule has 1 aliphatic heterocycles. The number of carbonyl (C=O) groups is 1. The summed E-state index contributed by atoms with van der Waals surface area (Å²) in [4.78, 5) is 17.3. The molecule has 146 valence electrons. The highest BCUT2D eigenvalue weighted by molar-refractivity contribution is 5.92. The van der Waals surface area contributed by atoms with E-state index in [0.29, 0.717) is 24.4 Å². The minimum absolute atomic E-state index is 0.266. The molecule has 28 heavy (non-hydrogen) atoms. The van der Waals surface area contributed by atoms with Crippen LogP contribution in [-0.4, -0.2) is 35.6 Å². The lowest BCUT2D eigenvalue weighted by Gasteiger charge is -2.33. The lowest BCUT2D eigenvalue weighted by molar-refractivity contribution is -0.137. The number of hydrogen-bond donors (Lipinski definition) is 2. The summed E-state index contributed by atoms with van der Waals surface area (Å²) in [6, 6.07) is 12.1. The maximum atomic E-state index is 12.7. The molecule has 5 nitrogen and oxygen atoms in total. The van der Waals surface area contributed by atoms with Gasteiger partial charge in [0.25, 0.3) is 0 Å². The number of fused-ring (bicyclic) bond motifs is 1. The van der Waals surface area contributed by atoms with Gasteiger partial charge in [-0.3, -0.25) is 0 Å². The van der Waals surface area contributed by atoms with Crippen LogP contribution in [0.2, 0.25) is 0 Å². The quantitative estimate of drug-likeness (QED) is 0.662. The highest BCUT2D eigenvalue weighted by atomic mass is 19.4. The fourth-order valence-corrected chi connectivity index (χ4v) is 3.25. The first-order valence-corrected chi connectivity index (χ1v) is 8.82. The van der Waals surface area contributed by atoms with E-state index in [9.17, 15) is 18.0 Å². The minimum Gasteiger partial charge on any atom is -0.370 e.